The second-order valence-electron chi connectivity index (χ2n) is 6.91. The molecule has 0 aliphatic carbocycles. The van der Waals surface area contributed by atoms with Crippen LogP contribution in [0.2, 0.25) is 0 Å². The third-order valence-electron chi connectivity index (χ3n) is 4.57. The summed E-state index contributed by atoms with van der Waals surface area (Å²) in [6, 6.07) is 9.03. The number of carbonyl (C=O) groups is 1. The molecule has 7 heteroatoms. The van der Waals surface area contributed by atoms with Gasteiger partial charge in [-0.15, -0.1) is 11.6 Å². The van der Waals surface area contributed by atoms with Crippen LogP contribution in [0.25, 0.3) is 0 Å². The maximum atomic E-state index is 12.9. The van der Waals surface area contributed by atoms with Crippen LogP contribution in [0, 0.1) is 0 Å². The Morgan fingerprint density at radius 3 is 2.61 bits per heavy atom. The van der Waals surface area contributed by atoms with Gasteiger partial charge in [-0.25, -0.2) is 0 Å². The Hall–Kier alpha value is -1.95. The lowest BCUT2D eigenvalue weighted by molar-refractivity contribution is -0.137. The van der Waals surface area contributed by atoms with Gasteiger partial charge in [-0.1, -0.05) is 31.9 Å². The Balaban J connectivity index is 2.16. The molecule has 0 saturated carbocycles. The van der Waals surface area contributed by atoms with Crippen molar-refractivity contribution in [2.45, 2.75) is 57.8 Å². The predicted octanol–water partition coefficient (Wildman–Crippen LogP) is 5.70. The molecule has 0 spiro atoms. The lowest BCUT2D eigenvalue weighted by Gasteiger charge is -2.25. The molecular formula is C21H26ClF3N2O. The molecule has 28 heavy (non-hydrogen) atoms. The number of benzene rings is 1. The van der Waals surface area contributed by atoms with Gasteiger partial charge >= 0.3 is 6.18 Å². The van der Waals surface area contributed by atoms with Crippen LogP contribution in [-0.2, 0) is 24.1 Å². The molecule has 0 bridgehead atoms. The highest BCUT2D eigenvalue weighted by Crippen LogP contribution is 2.29. The molecule has 0 aliphatic heterocycles. The largest absolute Gasteiger partial charge is 0.416 e. The highest BCUT2D eigenvalue weighted by atomic mass is 35.5. The fraction of sp³-hybridized carbons (Fsp3) is 0.476. The monoisotopic (exact) mass is 414 g/mol. The molecule has 2 rings (SSSR count). The van der Waals surface area contributed by atoms with E-state index in [0.717, 1.165) is 37.1 Å². The molecule has 0 N–H and O–H groups in total. The summed E-state index contributed by atoms with van der Waals surface area (Å²) in [5.74, 6) is -0.135. The van der Waals surface area contributed by atoms with E-state index in [1.165, 1.54) is 6.07 Å². The minimum absolute atomic E-state index is 0.135. The molecule has 0 fully saturated rings. The minimum atomic E-state index is -4.37. The Morgan fingerprint density at radius 2 is 1.96 bits per heavy atom. The second kappa shape index (κ2) is 10.0. The van der Waals surface area contributed by atoms with Crippen molar-refractivity contribution < 1.29 is 18.0 Å². The van der Waals surface area contributed by atoms with Crippen LogP contribution >= 0.6 is 11.6 Å². The van der Waals surface area contributed by atoms with E-state index in [2.05, 4.69) is 6.92 Å². The first kappa shape index (κ1) is 22.3. The van der Waals surface area contributed by atoms with E-state index in [9.17, 15) is 18.0 Å². The number of amides is 1. The normalized spacial score (nSPS) is 12.8. The van der Waals surface area contributed by atoms with Crippen LogP contribution in [-0.4, -0.2) is 27.3 Å². The number of unbranched alkanes of at least 4 members (excludes halogenated alkanes) is 2. The predicted molar refractivity (Wildman–Crippen MR) is 105 cm³/mol. The van der Waals surface area contributed by atoms with Gasteiger partial charge in [0.2, 0.25) is 5.91 Å². The summed E-state index contributed by atoms with van der Waals surface area (Å²) in [6.07, 6.45) is 0.402. The van der Waals surface area contributed by atoms with E-state index >= 15 is 0 Å². The zero-order valence-corrected chi connectivity index (χ0v) is 16.9. The van der Waals surface area contributed by atoms with E-state index in [1.54, 1.807) is 17.9 Å². The lowest BCUT2D eigenvalue weighted by atomic mass is 10.1. The van der Waals surface area contributed by atoms with Gasteiger partial charge in [-0.3, -0.25) is 4.79 Å². The summed E-state index contributed by atoms with van der Waals surface area (Å²) >= 11 is 6.00. The van der Waals surface area contributed by atoms with E-state index < -0.39 is 17.1 Å². The van der Waals surface area contributed by atoms with Gasteiger partial charge < -0.3 is 9.47 Å². The third kappa shape index (κ3) is 6.30. The molecule has 0 radical (unpaired) electrons. The van der Waals surface area contributed by atoms with Crippen molar-refractivity contribution in [3.8, 4) is 0 Å². The number of aromatic nitrogens is 1. The van der Waals surface area contributed by atoms with Crippen molar-refractivity contribution in [2.75, 3.05) is 6.54 Å². The Labute approximate surface area is 169 Å². The smallest absolute Gasteiger partial charge is 0.345 e. The van der Waals surface area contributed by atoms with E-state index in [-0.39, 0.29) is 5.91 Å². The highest BCUT2D eigenvalue weighted by molar-refractivity contribution is 6.30. The number of rotatable bonds is 9. The molecule has 2 aromatic rings. The summed E-state index contributed by atoms with van der Waals surface area (Å²) in [4.78, 5) is 14.2. The molecule has 1 aromatic carbocycles. The molecular weight excluding hydrogens is 389 g/mol. The van der Waals surface area contributed by atoms with Crippen molar-refractivity contribution >= 4 is 17.5 Å². The quantitative estimate of drug-likeness (QED) is 0.381. The minimum Gasteiger partial charge on any atom is -0.345 e. The lowest BCUT2D eigenvalue weighted by Crippen LogP contribution is -2.36. The van der Waals surface area contributed by atoms with Gasteiger partial charge in [-0.2, -0.15) is 13.2 Å². The van der Waals surface area contributed by atoms with Gasteiger partial charge in [0, 0.05) is 25.0 Å². The van der Waals surface area contributed by atoms with E-state index in [1.807, 2.05) is 22.9 Å². The molecule has 3 nitrogen and oxygen atoms in total. The second-order valence-corrected chi connectivity index (χ2v) is 7.56. The van der Waals surface area contributed by atoms with Crippen molar-refractivity contribution in [3.05, 3.63) is 59.4 Å². The van der Waals surface area contributed by atoms with Crippen molar-refractivity contribution in [1.82, 2.24) is 9.47 Å². The summed E-state index contributed by atoms with van der Waals surface area (Å²) in [6.45, 7) is 5.04. The average Bonchev–Trinajstić information content (AvgIpc) is 3.06. The van der Waals surface area contributed by atoms with Crippen molar-refractivity contribution in [3.63, 3.8) is 0 Å². The van der Waals surface area contributed by atoms with E-state index in [0.29, 0.717) is 25.2 Å². The van der Waals surface area contributed by atoms with Crippen LogP contribution < -0.4 is 0 Å². The molecule has 0 aliphatic rings. The number of hydrogen-bond acceptors (Lipinski definition) is 1. The zero-order chi connectivity index (χ0) is 20.7. The van der Waals surface area contributed by atoms with E-state index in [4.69, 9.17) is 11.6 Å². The molecule has 1 amide bonds. The number of halogens is 4. The molecule has 0 saturated heterocycles. The fourth-order valence-electron chi connectivity index (χ4n) is 3.06. The van der Waals surface area contributed by atoms with Crippen LogP contribution in [0.5, 0.6) is 0 Å². The maximum Gasteiger partial charge on any atom is 0.416 e. The zero-order valence-electron chi connectivity index (χ0n) is 16.2. The Morgan fingerprint density at radius 1 is 1.21 bits per heavy atom. The first-order valence-corrected chi connectivity index (χ1v) is 9.89. The Bertz CT molecular complexity index is 771. The van der Waals surface area contributed by atoms with Crippen LogP contribution in [0.15, 0.2) is 42.6 Å². The first-order valence-electron chi connectivity index (χ1n) is 9.45. The maximum absolute atomic E-state index is 12.9. The molecule has 1 unspecified atom stereocenters. The number of nitrogens with zero attached hydrogens (tertiary/aromatic N) is 2. The summed E-state index contributed by atoms with van der Waals surface area (Å²) < 4.78 is 40.7. The Kier molecular flexibility index (Phi) is 7.98. The number of alkyl halides is 4. The van der Waals surface area contributed by atoms with Crippen LogP contribution in [0.3, 0.4) is 0 Å². The van der Waals surface area contributed by atoms with Gasteiger partial charge in [0.15, 0.2) is 0 Å². The van der Waals surface area contributed by atoms with Crippen LogP contribution in [0.1, 0.15) is 49.9 Å². The molecule has 1 heterocycles. The first-order chi connectivity index (χ1) is 13.2. The third-order valence-corrected chi connectivity index (χ3v) is 4.75. The van der Waals surface area contributed by atoms with Crippen LogP contribution in [0.4, 0.5) is 13.2 Å². The van der Waals surface area contributed by atoms with Gasteiger partial charge in [0.1, 0.15) is 5.38 Å². The molecule has 154 valence electrons. The molecule has 1 aromatic heterocycles. The SMILES string of the molecule is CCCCCN(Cc1cccn1Cc1cccc(C(F)(F)F)c1)C(=O)C(C)Cl. The number of hydrogen-bond donors (Lipinski definition) is 0. The highest BCUT2D eigenvalue weighted by Gasteiger charge is 2.30. The fourth-order valence-corrected chi connectivity index (χ4v) is 3.19. The van der Waals surface area contributed by atoms with Gasteiger partial charge in [0.25, 0.3) is 0 Å². The topological polar surface area (TPSA) is 25.2 Å². The van der Waals surface area contributed by atoms with Gasteiger partial charge in [0.05, 0.1) is 12.1 Å². The van der Waals surface area contributed by atoms with Gasteiger partial charge in [-0.05, 0) is 43.2 Å². The average molecular weight is 415 g/mol. The van der Waals surface area contributed by atoms with Crippen molar-refractivity contribution in [2.24, 2.45) is 0 Å². The van der Waals surface area contributed by atoms with Crippen molar-refractivity contribution in [1.29, 1.82) is 0 Å². The summed E-state index contributed by atoms with van der Waals surface area (Å²) in [7, 11) is 0. The summed E-state index contributed by atoms with van der Waals surface area (Å²) in [5, 5.41) is -0.617. The number of carbonyl (C=O) groups excluding carboxylic acids is 1. The standard InChI is InChI=1S/C21H26ClF3N2O/c1-3-4-5-11-27(20(28)16(2)22)15-19-10-7-12-26(19)14-17-8-6-9-18(13-17)21(23,24)25/h6-10,12-13,16H,3-5,11,14-15H2,1-2H3. The summed E-state index contributed by atoms with van der Waals surface area (Å²) in [5.41, 5.74) is 0.757. The molecule has 1 atom stereocenters.